The number of sulfone groups is 1. The summed E-state index contributed by atoms with van der Waals surface area (Å²) in [4.78, 5) is 13.0. The Labute approximate surface area is 147 Å². The summed E-state index contributed by atoms with van der Waals surface area (Å²) < 4.78 is 23.0. The number of benzene rings is 1. The predicted octanol–water partition coefficient (Wildman–Crippen LogP) is 2.60. The molecule has 1 aromatic carbocycles. The molecule has 0 aromatic heterocycles. The fourth-order valence-corrected chi connectivity index (χ4v) is 5.64. The van der Waals surface area contributed by atoms with Crippen molar-refractivity contribution in [3.05, 3.63) is 29.8 Å². The number of halogens is 1. The van der Waals surface area contributed by atoms with Crippen LogP contribution in [0.5, 0.6) is 0 Å². The van der Waals surface area contributed by atoms with E-state index in [4.69, 9.17) is 11.6 Å². The highest BCUT2D eigenvalue weighted by atomic mass is 35.5. The second-order valence-corrected chi connectivity index (χ2v) is 10.6. The van der Waals surface area contributed by atoms with Gasteiger partial charge in [-0.15, -0.1) is 23.4 Å². The third kappa shape index (κ3) is 5.40. The van der Waals surface area contributed by atoms with E-state index in [1.54, 1.807) is 0 Å². The van der Waals surface area contributed by atoms with Crippen LogP contribution in [0.4, 0.5) is 0 Å². The molecule has 1 fully saturated rings. The Kier molecular flexibility index (Phi) is 5.69. The van der Waals surface area contributed by atoms with E-state index in [9.17, 15) is 13.2 Å². The summed E-state index contributed by atoms with van der Waals surface area (Å²) in [6.45, 7) is 6.46. The first kappa shape index (κ1) is 18.6. The van der Waals surface area contributed by atoms with Crippen molar-refractivity contribution in [1.82, 2.24) is 5.32 Å². The van der Waals surface area contributed by atoms with Gasteiger partial charge in [0.1, 0.15) is 0 Å². The smallest absolute Gasteiger partial charge is 0.230 e. The number of alkyl halides is 1. The highest BCUT2D eigenvalue weighted by Gasteiger charge is 2.37. The molecule has 1 amide bonds. The molecule has 1 aromatic rings. The number of hydrogen-bond donors (Lipinski definition) is 1. The number of carbonyl (C=O) groups excluding carboxylic acids is 1. The summed E-state index contributed by atoms with van der Waals surface area (Å²) in [6.07, 6.45) is 0. The van der Waals surface area contributed by atoms with Gasteiger partial charge in [0.05, 0.1) is 28.7 Å². The summed E-state index contributed by atoms with van der Waals surface area (Å²) in [5.74, 6) is -0.0870. The van der Waals surface area contributed by atoms with E-state index in [0.29, 0.717) is 0 Å². The Morgan fingerprint density at radius 3 is 2.35 bits per heavy atom. The third-order valence-corrected chi connectivity index (χ3v) is 7.11. The molecule has 1 N–H and O–H groups in total. The van der Waals surface area contributed by atoms with Gasteiger partial charge in [-0.25, -0.2) is 8.42 Å². The molecule has 0 unspecified atom stereocenters. The first-order valence-electron chi connectivity index (χ1n) is 7.44. The molecule has 0 saturated carbocycles. The van der Waals surface area contributed by atoms with Crippen LogP contribution in [0, 0.1) is 0 Å². The molecule has 128 valence electrons. The molecule has 0 spiro atoms. The molecule has 0 radical (unpaired) electrons. The SMILES string of the molecule is CC(C)(C)c1ccc(SCC(=O)N[C@H]2CS(=O)(=O)C[C@H]2Cl)cc1. The average Bonchev–Trinajstić information content (AvgIpc) is 2.68. The second-order valence-electron chi connectivity index (χ2n) is 6.83. The fourth-order valence-electron chi connectivity index (χ4n) is 2.39. The van der Waals surface area contributed by atoms with Gasteiger partial charge in [-0.2, -0.15) is 0 Å². The summed E-state index contributed by atoms with van der Waals surface area (Å²) in [5, 5.41) is 2.18. The van der Waals surface area contributed by atoms with Gasteiger partial charge in [0.2, 0.25) is 5.91 Å². The van der Waals surface area contributed by atoms with Crippen LogP contribution in [0.3, 0.4) is 0 Å². The van der Waals surface area contributed by atoms with Crippen LogP contribution in [-0.4, -0.2) is 43.0 Å². The molecule has 4 nitrogen and oxygen atoms in total. The van der Waals surface area contributed by atoms with Crippen molar-refractivity contribution >= 4 is 39.1 Å². The standard InChI is InChI=1S/C16H22ClNO3S2/c1-16(2,3)11-4-6-12(7-5-11)22-8-15(19)18-14-10-23(20,21)9-13(14)17/h4-7,13-14H,8-10H2,1-3H3,(H,18,19)/t13-,14+/m1/s1. The van der Waals surface area contributed by atoms with Gasteiger partial charge >= 0.3 is 0 Å². The quantitative estimate of drug-likeness (QED) is 0.649. The van der Waals surface area contributed by atoms with E-state index < -0.39 is 21.3 Å². The lowest BCUT2D eigenvalue weighted by Gasteiger charge is -2.19. The zero-order chi connectivity index (χ0) is 17.3. The molecular weight excluding hydrogens is 354 g/mol. The van der Waals surface area contributed by atoms with Gasteiger partial charge in [-0.1, -0.05) is 32.9 Å². The average molecular weight is 376 g/mol. The maximum absolute atomic E-state index is 12.0. The number of rotatable bonds is 4. The first-order chi connectivity index (χ1) is 10.6. The summed E-state index contributed by atoms with van der Waals surface area (Å²) in [5.41, 5.74) is 1.34. The minimum Gasteiger partial charge on any atom is -0.350 e. The molecule has 23 heavy (non-hydrogen) atoms. The monoisotopic (exact) mass is 375 g/mol. The summed E-state index contributed by atoms with van der Waals surface area (Å²) >= 11 is 7.41. The molecule has 7 heteroatoms. The van der Waals surface area contributed by atoms with E-state index in [1.807, 2.05) is 12.1 Å². The van der Waals surface area contributed by atoms with E-state index in [-0.39, 0.29) is 28.6 Å². The van der Waals surface area contributed by atoms with Crippen LogP contribution >= 0.6 is 23.4 Å². The molecule has 2 rings (SSSR count). The molecule has 2 atom stereocenters. The van der Waals surface area contributed by atoms with Crippen molar-refractivity contribution in [3.63, 3.8) is 0 Å². The van der Waals surface area contributed by atoms with Crippen LogP contribution in [-0.2, 0) is 20.0 Å². The number of nitrogens with one attached hydrogen (secondary N) is 1. The summed E-state index contributed by atoms with van der Waals surface area (Å²) in [6, 6.07) is 7.65. The van der Waals surface area contributed by atoms with E-state index in [0.717, 1.165) is 4.90 Å². The van der Waals surface area contributed by atoms with Crippen molar-refractivity contribution in [3.8, 4) is 0 Å². The molecular formula is C16H22ClNO3S2. The Balaban J connectivity index is 1.85. The largest absolute Gasteiger partial charge is 0.350 e. The lowest BCUT2D eigenvalue weighted by molar-refractivity contribution is -0.119. The molecule has 1 heterocycles. The van der Waals surface area contributed by atoms with Crippen LogP contribution < -0.4 is 5.32 Å². The predicted molar refractivity (Wildman–Crippen MR) is 96.1 cm³/mol. The van der Waals surface area contributed by atoms with Crippen molar-refractivity contribution in [2.75, 3.05) is 17.3 Å². The Morgan fingerprint density at radius 2 is 1.87 bits per heavy atom. The first-order valence-corrected chi connectivity index (χ1v) is 10.7. The highest BCUT2D eigenvalue weighted by molar-refractivity contribution is 8.00. The summed E-state index contributed by atoms with van der Waals surface area (Å²) in [7, 11) is -3.13. The highest BCUT2D eigenvalue weighted by Crippen LogP contribution is 2.25. The topological polar surface area (TPSA) is 63.2 Å². The van der Waals surface area contributed by atoms with E-state index in [1.165, 1.54) is 17.3 Å². The van der Waals surface area contributed by atoms with Gasteiger partial charge in [0.25, 0.3) is 0 Å². The molecule has 0 aliphatic carbocycles. The van der Waals surface area contributed by atoms with Crippen molar-refractivity contribution in [2.45, 2.75) is 42.5 Å². The van der Waals surface area contributed by atoms with Gasteiger partial charge in [-0.3, -0.25) is 4.79 Å². The normalized spacial score (nSPS) is 23.7. The Hall–Kier alpha value is -0.720. The Bertz CT molecular complexity index is 666. The minimum atomic E-state index is -3.13. The van der Waals surface area contributed by atoms with Gasteiger partial charge in [0.15, 0.2) is 9.84 Å². The number of amides is 1. The molecule has 1 saturated heterocycles. The van der Waals surface area contributed by atoms with Crippen molar-refractivity contribution in [2.24, 2.45) is 0 Å². The second kappa shape index (κ2) is 7.03. The zero-order valence-electron chi connectivity index (χ0n) is 13.5. The maximum atomic E-state index is 12.0. The lowest BCUT2D eigenvalue weighted by Crippen LogP contribution is -2.41. The number of thioether (sulfide) groups is 1. The lowest BCUT2D eigenvalue weighted by atomic mass is 9.87. The van der Waals surface area contributed by atoms with Gasteiger partial charge in [-0.05, 0) is 23.1 Å². The molecule has 1 aliphatic heterocycles. The Morgan fingerprint density at radius 1 is 1.26 bits per heavy atom. The van der Waals surface area contributed by atoms with Gasteiger partial charge in [0, 0.05) is 4.90 Å². The number of hydrogen-bond acceptors (Lipinski definition) is 4. The van der Waals surface area contributed by atoms with E-state index >= 15 is 0 Å². The van der Waals surface area contributed by atoms with Crippen molar-refractivity contribution < 1.29 is 13.2 Å². The fraction of sp³-hybridized carbons (Fsp3) is 0.562. The number of carbonyl (C=O) groups is 1. The zero-order valence-corrected chi connectivity index (χ0v) is 15.9. The van der Waals surface area contributed by atoms with Crippen LogP contribution in [0.1, 0.15) is 26.3 Å². The van der Waals surface area contributed by atoms with Crippen molar-refractivity contribution in [1.29, 1.82) is 0 Å². The maximum Gasteiger partial charge on any atom is 0.230 e. The van der Waals surface area contributed by atoms with Crippen LogP contribution in [0.2, 0.25) is 0 Å². The molecule has 0 bridgehead atoms. The minimum absolute atomic E-state index is 0.0685. The van der Waals surface area contributed by atoms with Crippen LogP contribution in [0.25, 0.3) is 0 Å². The molecule has 1 aliphatic rings. The third-order valence-electron chi connectivity index (χ3n) is 3.72. The van der Waals surface area contributed by atoms with Gasteiger partial charge < -0.3 is 5.32 Å². The van der Waals surface area contributed by atoms with E-state index in [2.05, 4.69) is 38.2 Å². The van der Waals surface area contributed by atoms with Crippen LogP contribution in [0.15, 0.2) is 29.2 Å².